The van der Waals surface area contributed by atoms with Gasteiger partial charge in [-0.05, 0) is 37.1 Å². The third kappa shape index (κ3) is 6.38. The average Bonchev–Trinajstić information content (AvgIpc) is 2.77. The minimum atomic E-state index is -4.16. The molecule has 0 aromatic heterocycles. The molecule has 1 aromatic carbocycles. The smallest absolute Gasteiger partial charge is 0.385 e. The van der Waals surface area contributed by atoms with Gasteiger partial charge >= 0.3 is 12.2 Å². The molecule has 7 heteroatoms. The third-order valence-electron chi connectivity index (χ3n) is 3.77. The molecule has 2 rings (SSSR count). The Morgan fingerprint density at radius 1 is 1.00 bits per heavy atom. The van der Waals surface area contributed by atoms with E-state index in [0.29, 0.717) is 11.4 Å². The lowest BCUT2D eigenvalue weighted by atomic mass is 10.2. The van der Waals surface area contributed by atoms with Crippen molar-refractivity contribution in [2.24, 2.45) is 0 Å². The van der Waals surface area contributed by atoms with Crippen molar-refractivity contribution in [3.05, 3.63) is 24.3 Å². The van der Waals surface area contributed by atoms with E-state index in [4.69, 9.17) is 0 Å². The largest absolute Gasteiger partial charge is 0.390 e. The van der Waals surface area contributed by atoms with E-state index in [1.807, 2.05) is 4.90 Å². The Balaban J connectivity index is 1.81. The van der Waals surface area contributed by atoms with Crippen LogP contribution in [-0.4, -0.2) is 36.7 Å². The molecule has 0 aliphatic carbocycles. The van der Waals surface area contributed by atoms with Crippen LogP contribution in [0.15, 0.2) is 24.3 Å². The molecule has 0 bridgehead atoms. The van der Waals surface area contributed by atoms with Crippen LogP contribution in [-0.2, 0) is 0 Å². The second-order valence-corrected chi connectivity index (χ2v) is 5.70. The number of hydrogen-bond acceptors (Lipinski definition) is 2. The standard InChI is InChI=1S/C16H22F3N3O/c17-16(18,19)9-10-20-13-5-7-14(8-6-13)21-15(23)22-11-3-1-2-4-12-22/h5-8,20H,1-4,9-12H2,(H,21,23). The van der Waals surface area contributed by atoms with Gasteiger partial charge in [0.2, 0.25) is 0 Å². The minimum absolute atomic E-state index is 0.121. The minimum Gasteiger partial charge on any atom is -0.385 e. The lowest BCUT2D eigenvalue weighted by Gasteiger charge is -2.20. The molecular formula is C16H22F3N3O. The topological polar surface area (TPSA) is 44.4 Å². The maximum Gasteiger partial charge on any atom is 0.390 e. The molecule has 0 radical (unpaired) electrons. The van der Waals surface area contributed by atoms with E-state index in [-0.39, 0.29) is 12.6 Å². The van der Waals surface area contributed by atoms with Crippen molar-refractivity contribution >= 4 is 17.4 Å². The van der Waals surface area contributed by atoms with E-state index in [2.05, 4.69) is 10.6 Å². The summed E-state index contributed by atoms with van der Waals surface area (Å²) in [6, 6.07) is 6.57. The van der Waals surface area contributed by atoms with E-state index < -0.39 is 12.6 Å². The zero-order chi connectivity index (χ0) is 16.7. The van der Waals surface area contributed by atoms with Crippen LogP contribution in [0.4, 0.5) is 29.3 Å². The van der Waals surface area contributed by atoms with Gasteiger partial charge in [0.1, 0.15) is 0 Å². The number of halogens is 3. The number of nitrogens with zero attached hydrogens (tertiary/aromatic N) is 1. The zero-order valence-electron chi connectivity index (χ0n) is 13.0. The maximum absolute atomic E-state index is 12.2. The molecular weight excluding hydrogens is 307 g/mol. The Morgan fingerprint density at radius 3 is 2.13 bits per heavy atom. The zero-order valence-corrected chi connectivity index (χ0v) is 13.0. The van der Waals surface area contributed by atoms with Gasteiger partial charge in [-0.3, -0.25) is 0 Å². The number of likely N-dealkylation sites (tertiary alicyclic amines) is 1. The molecule has 1 aromatic rings. The van der Waals surface area contributed by atoms with Crippen LogP contribution in [0.5, 0.6) is 0 Å². The van der Waals surface area contributed by atoms with E-state index >= 15 is 0 Å². The number of rotatable bonds is 4. The molecule has 0 saturated carbocycles. The number of anilines is 2. The van der Waals surface area contributed by atoms with Crippen molar-refractivity contribution in [1.82, 2.24) is 4.90 Å². The highest BCUT2D eigenvalue weighted by molar-refractivity contribution is 5.89. The molecule has 1 aliphatic heterocycles. The summed E-state index contributed by atoms with van der Waals surface area (Å²) in [5, 5.41) is 5.54. The fourth-order valence-corrected chi connectivity index (χ4v) is 2.50. The molecule has 1 aliphatic rings. The molecule has 0 unspecified atom stereocenters. The predicted molar refractivity (Wildman–Crippen MR) is 84.7 cm³/mol. The van der Waals surface area contributed by atoms with E-state index in [0.717, 1.165) is 38.8 Å². The number of urea groups is 1. The summed E-state index contributed by atoms with van der Waals surface area (Å²) in [6.07, 6.45) is -0.677. The quantitative estimate of drug-likeness (QED) is 0.856. The van der Waals surface area contributed by atoms with E-state index in [1.54, 1.807) is 24.3 Å². The Hall–Kier alpha value is -1.92. The van der Waals surface area contributed by atoms with Crippen LogP contribution in [0.2, 0.25) is 0 Å². The number of amides is 2. The highest BCUT2D eigenvalue weighted by Crippen LogP contribution is 2.20. The highest BCUT2D eigenvalue weighted by atomic mass is 19.4. The van der Waals surface area contributed by atoms with Crippen LogP contribution in [0, 0.1) is 0 Å². The Bertz CT molecular complexity index is 494. The van der Waals surface area contributed by atoms with Gasteiger partial charge in [0.25, 0.3) is 0 Å². The van der Waals surface area contributed by atoms with Gasteiger partial charge in [-0.1, -0.05) is 12.8 Å². The summed E-state index contributed by atoms with van der Waals surface area (Å²) in [5.74, 6) is 0. The Labute approximate surface area is 134 Å². The molecule has 1 heterocycles. The average molecular weight is 329 g/mol. The van der Waals surface area contributed by atoms with Crippen LogP contribution >= 0.6 is 0 Å². The normalized spacial score (nSPS) is 15.9. The van der Waals surface area contributed by atoms with E-state index in [9.17, 15) is 18.0 Å². The second kappa shape index (κ2) is 8.08. The van der Waals surface area contributed by atoms with Gasteiger partial charge < -0.3 is 15.5 Å². The van der Waals surface area contributed by atoms with Gasteiger partial charge in [0.05, 0.1) is 6.42 Å². The number of benzene rings is 1. The van der Waals surface area contributed by atoms with Crippen molar-refractivity contribution in [1.29, 1.82) is 0 Å². The molecule has 1 fully saturated rings. The summed E-state index contributed by atoms with van der Waals surface area (Å²) < 4.78 is 36.2. The number of alkyl halides is 3. The lowest BCUT2D eigenvalue weighted by molar-refractivity contribution is -0.131. The fraction of sp³-hybridized carbons (Fsp3) is 0.562. The van der Waals surface area contributed by atoms with Gasteiger partial charge in [-0.15, -0.1) is 0 Å². The molecule has 4 nitrogen and oxygen atoms in total. The summed E-state index contributed by atoms with van der Waals surface area (Å²) >= 11 is 0. The molecule has 0 atom stereocenters. The van der Waals surface area contributed by atoms with Crippen molar-refractivity contribution in [3.8, 4) is 0 Å². The number of carbonyl (C=O) groups excluding carboxylic acids is 1. The van der Waals surface area contributed by atoms with E-state index in [1.165, 1.54) is 0 Å². The van der Waals surface area contributed by atoms with Crippen molar-refractivity contribution in [2.75, 3.05) is 30.3 Å². The highest BCUT2D eigenvalue weighted by Gasteiger charge is 2.26. The monoisotopic (exact) mass is 329 g/mol. The molecule has 2 amide bonds. The number of nitrogens with one attached hydrogen (secondary N) is 2. The molecule has 23 heavy (non-hydrogen) atoms. The van der Waals surface area contributed by atoms with Gasteiger partial charge in [0, 0.05) is 31.0 Å². The maximum atomic E-state index is 12.2. The summed E-state index contributed by atoms with van der Waals surface area (Å²) in [5.41, 5.74) is 1.24. The molecule has 0 spiro atoms. The molecule has 128 valence electrons. The van der Waals surface area contributed by atoms with Crippen LogP contribution in [0.3, 0.4) is 0 Å². The summed E-state index contributed by atoms with van der Waals surface area (Å²) in [7, 11) is 0. The van der Waals surface area contributed by atoms with Crippen molar-refractivity contribution in [2.45, 2.75) is 38.3 Å². The van der Waals surface area contributed by atoms with Crippen molar-refractivity contribution in [3.63, 3.8) is 0 Å². The first-order valence-electron chi connectivity index (χ1n) is 7.91. The molecule has 2 N–H and O–H groups in total. The summed E-state index contributed by atoms with van der Waals surface area (Å²) in [6.45, 7) is 1.37. The Kier molecular flexibility index (Phi) is 6.12. The van der Waals surface area contributed by atoms with Crippen molar-refractivity contribution < 1.29 is 18.0 Å². The number of hydrogen-bond donors (Lipinski definition) is 2. The SMILES string of the molecule is O=C(Nc1ccc(NCCC(F)(F)F)cc1)N1CCCCCC1. The second-order valence-electron chi connectivity index (χ2n) is 5.70. The molecule has 1 saturated heterocycles. The van der Waals surface area contributed by atoms with Gasteiger partial charge in [-0.2, -0.15) is 13.2 Å². The first kappa shape index (κ1) is 17.4. The van der Waals surface area contributed by atoms with Gasteiger partial charge in [0.15, 0.2) is 0 Å². The number of carbonyl (C=O) groups is 1. The fourth-order valence-electron chi connectivity index (χ4n) is 2.50. The Morgan fingerprint density at radius 2 is 1.57 bits per heavy atom. The van der Waals surface area contributed by atoms with Gasteiger partial charge in [-0.25, -0.2) is 4.79 Å². The predicted octanol–water partition coefficient (Wildman–Crippen LogP) is 4.46. The van der Waals surface area contributed by atoms with Crippen LogP contribution < -0.4 is 10.6 Å². The van der Waals surface area contributed by atoms with Crippen LogP contribution in [0.25, 0.3) is 0 Å². The summed E-state index contributed by atoms with van der Waals surface area (Å²) in [4.78, 5) is 14.0. The first-order valence-corrected chi connectivity index (χ1v) is 7.91. The van der Waals surface area contributed by atoms with Crippen LogP contribution in [0.1, 0.15) is 32.1 Å². The first-order chi connectivity index (χ1) is 10.9. The lowest BCUT2D eigenvalue weighted by Crippen LogP contribution is -2.35. The third-order valence-corrected chi connectivity index (χ3v) is 3.77.